The number of hydrogen-bond acceptors (Lipinski definition) is 3. The molecule has 0 heterocycles. The Kier molecular flexibility index (Phi) is 8.86. The second-order valence-corrected chi connectivity index (χ2v) is 15.6. The van der Waals surface area contributed by atoms with Crippen LogP contribution < -0.4 is 30.6 Å². The van der Waals surface area contributed by atoms with Crippen LogP contribution in [-0.2, 0) is 0 Å². The highest BCUT2D eigenvalue weighted by atomic mass is 31.2. The summed E-state index contributed by atoms with van der Waals surface area (Å²) in [6.07, 6.45) is 5.46. The molecule has 1 saturated carbocycles. The lowest BCUT2D eigenvalue weighted by Gasteiger charge is -2.32. The van der Waals surface area contributed by atoms with Crippen LogP contribution in [0, 0.1) is 0 Å². The van der Waals surface area contributed by atoms with Crippen molar-refractivity contribution in [2.24, 2.45) is 0 Å². The van der Waals surface area contributed by atoms with Gasteiger partial charge in [0.15, 0.2) is 0 Å². The first kappa shape index (κ1) is 30.2. The van der Waals surface area contributed by atoms with Crippen LogP contribution in [0.5, 0.6) is 5.75 Å². The van der Waals surface area contributed by atoms with Crippen molar-refractivity contribution in [3.8, 4) is 5.75 Å². The fraction of sp³-hybridized carbons (Fsp3) is 0.122. The summed E-state index contributed by atoms with van der Waals surface area (Å²) < 4.78 is 4.94. The molecule has 3 nitrogen and oxygen atoms in total. The Bertz CT molecular complexity index is 1960. The Labute approximate surface area is 271 Å². The second kappa shape index (κ2) is 13.5. The van der Waals surface area contributed by atoms with E-state index in [4.69, 9.17) is 4.65 Å². The summed E-state index contributed by atoms with van der Waals surface area (Å²) in [6.45, 7) is 0. The lowest BCUT2D eigenvalue weighted by atomic mass is 9.97. The van der Waals surface area contributed by atoms with Gasteiger partial charge in [-0.1, -0.05) is 103 Å². The standard InChI is InChI=1S/C23H24P.C18H11BO3/c1-4-12-20(13-5-1)24(23-18-10-11-19-23,21-14-6-2-7-15-21)22-16-8-3-9-17-22;20-19(21)22-17-7-3-6-12-8-9-15-10-13-4-1-2-5-14(13)11-16(15)18(12)17/h1-9,12-17,23H,10-11,18-19H2;1-11H/q+1;-2. The minimum Gasteiger partial charge on any atom is -0.860 e. The third-order valence-electron chi connectivity index (χ3n) is 9.27. The van der Waals surface area contributed by atoms with Crippen LogP contribution in [0.1, 0.15) is 25.7 Å². The highest BCUT2D eigenvalue weighted by molar-refractivity contribution is 7.96. The molecule has 0 amide bonds. The van der Waals surface area contributed by atoms with Gasteiger partial charge in [-0.3, -0.25) is 0 Å². The van der Waals surface area contributed by atoms with Crippen LogP contribution in [0.3, 0.4) is 0 Å². The van der Waals surface area contributed by atoms with Crippen LogP contribution in [0.2, 0.25) is 0 Å². The molecule has 0 aliphatic heterocycles. The average Bonchev–Trinajstić information content (AvgIpc) is 3.65. The molecule has 0 radical (unpaired) electrons. The largest absolute Gasteiger partial charge is 0.860 e. The molecule has 8 rings (SSSR count). The van der Waals surface area contributed by atoms with E-state index in [-0.39, 0.29) is 0 Å². The van der Waals surface area contributed by atoms with Crippen molar-refractivity contribution in [2.75, 3.05) is 0 Å². The molecular weight excluding hydrogens is 582 g/mol. The van der Waals surface area contributed by atoms with Gasteiger partial charge >= 0.3 is 0 Å². The Morgan fingerprint density at radius 3 is 1.52 bits per heavy atom. The zero-order valence-electron chi connectivity index (χ0n) is 25.7. The molecular formula is C41H35BO3P-. The van der Waals surface area contributed by atoms with Crippen LogP contribution >= 0.6 is 7.26 Å². The molecule has 0 unspecified atom stereocenters. The Morgan fingerprint density at radius 2 is 0.978 bits per heavy atom. The maximum Gasteiger partial charge on any atom is 0.133 e. The topological polar surface area (TPSA) is 55.3 Å². The summed E-state index contributed by atoms with van der Waals surface area (Å²) in [6, 6.07) is 55.6. The van der Waals surface area contributed by atoms with E-state index in [0.29, 0.717) is 5.75 Å². The molecule has 1 fully saturated rings. The van der Waals surface area contributed by atoms with Crippen molar-refractivity contribution in [2.45, 2.75) is 31.3 Å². The van der Waals surface area contributed by atoms with Crippen LogP contribution in [0.25, 0.3) is 32.3 Å². The lowest BCUT2D eigenvalue weighted by Crippen LogP contribution is -2.50. The molecule has 0 N–H and O–H groups in total. The molecule has 7 aromatic carbocycles. The monoisotopic (exact) mass is 617 g/mol. The first-order chi connectivity index (χ1) is 22.6. The Hall–Kier alpha value is -4.47. The van der Waals surface area contributed by atoms with E-state index in [1.165, 1.54) is 41.6 Å². The van der Waals surface area contributed by atoms with Gasteiger partial charge in [0.1, 0.15) is 36.2 Å². The summed E-state index contributed by atoms with van der Waals surface area (Å²) in [5.74, 6) is 0.341. The molecule has 1 aliphatic carbocycles. The van der Waals surface area contributed by atoms with Gasteiger partial charge in [-0.25, -0.2) is 0 Å². The minimum absolute atomic E-state index is 0.341. The number of rotatable bonds is 6. The number of benzene rings is 7. The van der Waals surface area contributed by atoms with Crippen molar-refractivity contribution in [3.63, 3.8) is 0 Å². The van der Waals surface area contributed by atoms with E-state index >= 15 is 0 Å². The van der Waals surface area contributed by atoms with E-state index in [1.54, 1.807) is 12.1 Å². The second-order valence-electron chi connectivity index (χ2n) is 11.9. The average molecular weight is 618 g/mol. The predicted octanol–water partition coefficient (Wildman–Crippen LogP) is 7.15. The fourth-order valence-corrected chi connectivity index (χ4v) is 12.6. The summed E-state index contributed by atoms with van der Waals surface area (Å²) in [5, 5.41) is 32.5. The molecule has 7 aromatic rings. The van der Waals surface area contributed by atoms with Crippen LogP contribution in [0.15, 0.2) is 158 Å². The van der Waals surface area contributed by atoms with Crippen LogP contribution in [0.4, 0.5) is 0 Å². The molecule has 0 spiro atoms. The van der Waals surface area contributed by atoms with E-state index in [0.717, 1.165) is 38.0 Å². The maximum absolute atomic E-state index is 10.9. The first-order valence-corrected chi connectivity index (χ1v) is 17.9. The van der Waals surface area contributed by atoms with E-state index in [2.05, 4.69) is 109 Å². The van der Waals surface area contributed by atoms with Crippen molar-refractivity contribution in [1.82, 2.24) is 0 Å². The van der Waals surface area contributed by atoms with Crippen LogP contribution in [-0.4, -0.2) is 13.0 Å². The molecule has 46 heavy (non-hydrogen) atoms. The first-order valence-electron chi connectivity index (χ1n) is 16.0. The zero-order chi connectivity index (χ0) is 31.3. The smallest absolute Gasteiger partial charge is 0.133 e. The van der Waals surface area contributed by atoms with Gasteiger partial charge in [-0.15, -0.1) is 0 Å². The summed E-state index contributed by atoms with van der Waals surface area (Å²) >= 11 is 0. The SMILES string of the molecule is [O-]B([O-])Oc1cccc2ccc3cc4ccccc4cc3c12.c1ccc([P+](c2ccccc2)(c2ccccc2)C2CCCC2)cc1. The van der Waals surface area contributed by atoms with Gasteiger partial charge in [0.05, 0.1) is 5.66 Å². The van der Waals surface area contributed by atoms with Crippen molar-refractivity contribution in [3.05, 3.63) is 158 Å². The van der Waals surface area contributed by atoms with Gasteiger partial charge in [0.25, 0.3) is 0 Å². The zero-order valence-corrected chi connectivity index (χ0v) is 26.6. The normalized spacial score (nSPS) is 13.4. The van der Waals surface area contributed by atoms with Gasteiger partial charge < -0.3 is 14.7 Å². The van der Waals surface area contributed by atoms with Gasteiger partial charge in [0.2, 0.25) is 0 Å². The van der Waals surface area contributed by atoms with E-state index in [1.807, 2.05) is 36.4 Å². The number of fused-ring (bicyclic) bond motifs is 4. The van der Waals surface area contributed by atoms with Crippen molar-refractivity contribution in [1.29, 1.82) is 0 Å². The van der Waals surface area contributed by atoms with Gasteiger partial charge in [-0.05, 0) is 107 Å². The van der Waals surface area contributed by atoms with Gasteiger partial charge in [0, 0.05) is 5.39 Å². The highest BCUT2D eigenvalue weighted by Gasteiger charge is 2.52. The molecule has 5 heteroatoms. The highest BCUT2D eigenvalue weighted by Crippen LogP contribution is 2.63. The number of hydrogen-bond donors (Lipinski definition) is 0. The quantitative estimate of drug-likeness (QED) is 0.0862. The molecule has 0 aromatic heterocycles. The maximum atomic E-state index is 10.9. The van der Waals surface area contributed by atoms with Crippen molar-refractivity contribution < 1.29 is 14.7 Å². The van der Waals surface area contributed by atoms with Crippen molar-refractivity contribution >= 4 is 62.8 Å². The summed E-state index contributed by atoms with van der Waals surface area (Å²) in [7, 11) is -3.93. The van der Waals surface area contributed by atoms with E-state index < -0.39 is 14.6 Å². The molecule has 0 atom stereocenters. The molecule has 0 bridgehead atoms. The van der Waals surface area contributed by atoms with E-state index in [9.17, 15) is 10.0 Å². The molecule has 226 valence electrons. The lowest BCUT2D eigenvalue weighted by molar-refractivity contribution is -0.372. The Balaban J connectivity index is 0.000000147. The third kappa shape index (κ3) is 5.81. The molecule has 0 saturated heterocycles. The fourth-order valence-electron chi connectivity index (χ4n) is 7.33. The Morgan fingerprint density at radius 1 is 0.500 bits per heavy atom. The summed E-state index contributed by atoms with van der Waals surface area (Å²) in [4.78, 5) is 0. The van der Waals surface area contributed by atoms with Gasteiger partial charge in [-0.2, -0.15) is 0 Å². The third-order valence-corrected chi connectivity index (χ3v) is 14.2. The minimum atomic E-state index is -2.33. The molecule has 1 aliphatic rings. The summed E-state index contributed by atoms with van der Waals surface area (Å²) in [5.41, 5.74) is 0.768. The predicted molar refractivity (Wildman–Crippen MR) is 193 cm³/mol.